The zero-order valence-corrected chi connectivity index (χ0v) is 14.9. The van der Waals surface area contributed by atoms with E-state index in [2.05, 4.69) is 26.2 Å². The van der Waals surface area contributed by atoms with Crippen LogP contribution in [0.25, 0.3) is 10.6 Å². The van der Waals surface area contributed by atoms with E-state index < -0.39 is 12.0 Å². The molecule has 2 rings (SSSR count). The third-order valence-corrected chi connectivity index (χ3v) is 5.09. The van der Waals surface area contributed by atoms with Crippen LogP contribution in [-0.2, 0) is 11.3 Å². The highest BCUT2D eigenvalue weighted by Gasteiger charge is 2.22. The predicted octanol–water partition coefficient (Wildman–Crippen LogP) is 4.16. The number of carboxylic acids is 1. The fraction of sp³-hybridized carbons (Fsp3) is 0.375. The van der Waals surface area contributed by atoms with Gasteiger partial charge in [-0.15, -0.1) is 11.3 Å². The Labute approximate surface area is 142 Å². The van der Waals surface area contributed by atoms with E-state index in [0.717, 1.165) is 27.2 Å². The molecule has 22 heavy (non-hydrogen) atoms. The molecule has 0 saturated heterocycles. The van der Waals surface area contributed by atoms with Gasteiger partial charge < -0.3 is 5.11 Å². The second-order valence-electron chi connectivity index (χ2n) is 5.23. The minimum atomic E-state index is -0.808. The lowest BCUT2D eigenvalue weighted by molar-refractivity contribution is -0.140. The second kappa shape index (κ2) is 7.85. The zero-order valence-electron chi connectivity index (χ0n) is 12.5. The summed E-state index contributed by atoms with van der Waals surface area (Å²) >= 11 is 4.98. The Morgan fingerprint density at radius 2 is 2.09 bits per heavy atom. The monoisotopic (exact) mass is 382 g/mol. The normalized spacial score (nSPS) is 13.8. The van der Waals surface area contributed by atoms with Gasteiger partial charge in [-0.25, -0.2) is 4.98 Å². The zero-order chi connectivity index (χ0) is 16.1. The van der Waals surface area contributed by atoms with E-state index in [0.29, 0.717) is 6.54 Å². The number of halogens is 1. The van der Waals surface area contributed by atoms with Gasteiger partial charge >= 0.3 is 5.97 Å². The van der Waals surface area contributed by atoms with Gasteiger partial charge in [0, 0.05) is 22.0 Å². The summed E-state index contributed by atoms with van der Waals surface area (Å²) in [7, 11) is 0. The van der Waals surface area contributed by atoms with E-state index in [1.807, 2.05) is 43.5 Å². The molecule has 2 atom stereocenters. The van der Waals surface area contributed by atoms with Crippen LogP contribution in [0.3, 0.4) is 0 Å². The third kappa shape index (κ3) is 4.38. The smallest absolute Gasteiger partial charge is 0.320 e. The van der Waals surface area contributed by atoms with Crippen molar-refractivity contribution in [3.8, 4) is 10.6 Å². The van der Waals surface area contributed by atoms with Crippen molar-refractivity contribution in [1.82, 2.24) is 10.3 Å². The molecule has 1 heterocycles. The molecule has 0 aliphatic rings. The maximum absolute atomic E-state index is 11.3. The van der Waals surface area contributed by atoms with Crippen LogP contribution in [0.2, 0.25) is 0 Å². The van der Waals surface area contributed by atoms with Crippen molar-refractivity contribution in [2.45, 2.75) is 32.9 Å². The summed E-state index contributed by atoms with van der Waals surface area (Å²) in [5.41, 5.74) is 1.94. The number of carbonyl (C=O) groups is 1. The van der Waals surface area contributed by atoms with Crippen LogP contribution in [0.15, 0.2) is 34.1 Å². The van der Waals surface area contributed by atoms with Crippen molar-refractivity contribution in [3.63, 3.8) is 0 Å². The molecule has 1 aromatic carbocycles. The molecule has 1 aromatic heterocycles. The highest BCUT2D eigenvalue weighted by molar-refractivity contribution is 9.10. The molecule has 0 saturated carbocycles. The van der Waals surface area contributed by atoms with Crippen molar-refractivity contribution in [2.24, 2.45) is 5.92 Å². The molecule has 0 aliphatic heterocycles. The number of thiazole rings is 1. The highest BCUT2D eigenvalue weighted by atomic mass is 79.9. The summed E-state index contributed by atoms with van der Waals surface area (Å²) in [6.45, 7) is 4.41. The first-order chi connectivity index (χ1) is 10.5. The lowest BCUT2D eigenvalue weighted by Crippen LogP contribution is -2.41. The van der Waals surface area contributed by atoms with Crippen molar-refractivity contribution in [3.05, 3.63) is 39.8 Å². The number of aromatic nitrogens is 1. The van der Waals surface area contributed by atoms with Gasteiger partial charge in [0.15, 0.2) is 0 Å². The average molecular weight is 383 g/mol. The highest BCUT2D eigenvalue weighted by Crippen LogP contribution is 2.25. The molecule has 2 N–H and O–H groups in total. The molecule has 0 spiro atoms. The molecule has 4 nitrogen and oxygen atoms in total. The number of nitrogens with zero attached hydrogens (tertiary/aromatic N) is 1. The maximum atomic E-state index is 11.3. The Morgan fingerprint density at radius 3 is 2.68 bits per heavy atom. The quantitative estimate of drug-likeness (QED) is 0.754. The number of nitrogens with one attached hydrogen (secondary N) is 1. The Kier molecular flexibility index (Phi) is 6.11. The van der Waals surface area contributed by atoms with Crippen LogP contribution in [0.4, 0.5) is 0 Å². The van der Waals surface area contributed by atoms with E-state index >= 15 is 0 Å². The summed E-state index contributed by atoms with van der Waals surface area (Å²) in [6, 6.07) is 7.46. The first-order valence-electron chi connectivity index (χ1n) is 7.17. The lowest BCUT2D eigenvalue weighted by atomic mass is 9.99. The molecule has 6 heteroatoms. The number of benzene rings is 1. The Hall–Kier alpha value is -1.24. The van der Waals surface area contributed by atoms with E-state index in [9.17, 15) is 9.90 Å². The number of carboxylic acid groups (broad SMARTS) is 1. The summed E-state index contributed by atoms with van der Waals surface area (Å²) in [5.74, 6) is -0.722. The van der Waals surface area contributed by atoms with Gasteiger partial charge in [0.05, 0.1) is 5.69 Å². The Balaban J connectivity index is 2.02. The largest absolute Gasteiger partial charge is 0.480 e. The van der Waals surface area contributed by atoms with Crippen molar-refractivity contribution < 1.29 is 9.90 Å². The van der Waals surface area contributed by atoms with E-state index in [1.54, 1.807) is 11.3 Å². The fourth-order valence-electron chi connectivity index (χ4n) is 2.10. The van der Waals surface area contributed by atoms with Gasteiger partial charge in [-0.1, -0.05) is 48.3 Å². The molecule has 0 bridgehead atoms. The summed E-state index contributed by atoms with van der Waals surface area (Å²) < 4.78 is 1.03. The van der Waals surface area contributed by atoms with Crippen LogP contribution < -0.4 is 5.32 Å². The third-order valence-electron chi connectivity index (χ3n) is 3.63. The molecule has 118 valence electrons. The minimum absolute atomic E-state index is 0.0853. The summed E-state index contributed by atoms with van der Waals surface area (Å²) in [4.78, 5) is 15.9. The summed E-state index contributed by atoms with van der Waals surface area (Å²) in [6.07, 6.45) is 0.825. The topological polar surface area (TPSA) is 62.2 Å². The Morgan fingerprint density at radius 1 is 1.41 bits per heavy atom. The summed E-state index contributed by atoms with van der Waals surface area (Å²) in [5, 5.41) is 15.3. The predicted molar refractivity (Wildman–Crippen MR) is 93.0 cm³/mol. The number of aliphatic carboxylic acids is 1. The van der Waals surface area contributed by atoms with Crippen molar-refractivity contribution in [1.29, 1.82) is 0 Å². The van der Waals surface area contributed by atoms with Crippen LogP contribution in [0.5, 0.6) is 0 Å². The van der Waals surface area contributed by atoms with Gasteiger partial charge in [-0.05, 0) is 18.1 Å². The van der Waals surface area contributed by atoms with Gasteiger partial charge in [0.1, 0.15) is 11.0 Å². The molecule has 0 fully saturated rings. The van der Waals surface area contributed by atoms with Crippen molar-refractivity contribution >= 4 is 33.2 Å². The average Bonchev–Trinajstić information content (AvgIpc) is 2.96. The fourth-order valence-corrected chi connectivity index (χ4v) is 3.19. The molecule has 0 unspecified atom stereocenters. The minimum Gasteiger partial charge on any atom is -0.480 e. The maximum Gasteiger partial charge on any atom is 0.320 e. The van der Waals surface area contributed by atoms with E-state index in [-0.39, 0.29) is 5.92 Å². The number of hydrogen-bond acceptors (Lipinski definition) is 4. The molecule has 0 amide bonds. The molecular formula is C16H19BrN2O2S. The second-order valence-corrected chi connectivity index (χ2v) is 7.01. The number of rotatable bonds is 7. The van der Waals surface area contributed by atoms with E-state index in [4.69, 9.17) is 0 Å². The first kappa shape index (κ1) is 17.1. The molecular weight excluding hydrogens is 364 g/mol. The SMILES string of the molecule is CC[C@H](C)[C@H](NCc1csc(-c2ccc(Br)cc2)n1)C(=O)O. The van der Waals surface area contributed by atoms with Crippen molar-refractivity contribution in [2.75, 3.05) is 0 Å². The van der Waals surface area contributed by atoms with Gasteiger partial charge in [-0.3, -0.25) is 10.1 Å². The van der Waals surface area contributed by atoms with Crippen LogP contribution in [-0.4, -0.2) is 22.1 Å². The van der Waals surface area contributed by atoms with Gasteiger partial charge in [0.2, 0.25) is 0 Å². The molecule has 0 radical (unpaired) electrons. The molecule has 2 aromatic rings. The van der Waals surface area contributed by atoms with Gasteiger partial charge in [0.25, 0.3) is 0 Å². The van der Waals surface area contributed by atoms with Crippen LogP contribution in [0.1, 0.15) is 26.0 Å². The van der Waals surface area contributed by atoms with Crippen LogP contribution >= 0.6 is 27.3 Å². The molecule has 0 aliphatic carbocycles. The van der Waals surface area contributed by atoms with Crippen LogP contribution in [0, 0.1) is 5.92 Å². The first-order valence-corrected chi connectivity index (χ1v) is 8.85. The standard InChI is InChI=1S/C16H19BrN2O2S/c1-3-10(2)14(16(20)21)18-8-13-9-22-15(19-13)11-4-6-12(17)7-5-11/h4-7,9-10,14,18H,3,8H2,1-2H3,(H,20,21)/t10-,14-/m0/s1. The Bertz CT molecular complexity index is 627. The van der Waals surface area contributed by atoms with Gasteiger partial charge in [-0.2, -0.15) is 0 Å². The van der Waals surface area contributed by atoms with E-state index in [1.165, 1.54) is 0 Å². The number of hydrogen-bond donors (Lipinski definition) is 2. The lowest BCUT2D eigenvalue weighted by Gasteiger charge is -2.19.